The Bertz CT molecular complexity index is 595. The Morgan fingerprint density at radius 3 is 2.43 bits per heavy atom. The molecule has 3 nitrogen and oxygen atoms in total. The lowest BCUT2D eigenvalue weighted by atomic mass is 10.0. The van der Waals surface area contributed by atoms with Crippen LogP contribution in [0.5, 0.6) is 0 Å². The van der Waals surface area contributed by atoms with Gasteiger partial charge >= 0.3 is 0 Å². The topological polar surface area (TPSA) is 28.2 Å². The Kier molecular flexibility index (Phi) is 5.59. The molecule has 1 aliphatic rings. The molecule has 0 radical (unpaired) electrons. The summed E-state index contributed by atoms with van der Waals surface area (Å²) in [5, 5.41) is 3.20. The lowest BCUT2D eigenvalue weighted by molar-refractivity contribution is 0.213. The third-order valence-electron chi connectivity index (χ3n) is 4.49. The van der Waals surface area contributed by atoms with Gasteiger partial charge in [0.15, 0.2) is 11.6 Å². The molecule has 1 aliphatic heterocycles. The maximum Gasteiger partial charge on any atom is 0.165 e. The standard InChI is InChI=1S/C19H24FN3/c20-17-11-8-12-21-19(17)22-15-18(16-9-4-3-5-10-16)23-13-6-1-2-7-14-23/h3-5,8-12,18H,1-2,6-7,13-15H2,(H,21,22). The van der Waals surface area contributed by atoms with Crippen molar-refractivity contribution < 1.29 is 4.39 Å². The molecule has 1 N–H and O–H groups in total. The van der Waals surface area contributed by atoms with E-state index in [4.69, 9.17) is 0 Å². The van der Waals surface area contributed by atoms with Crippen LogP contribution in [0.1, 0.15) is 37.3 Å². The summed E-state index contributed by atoms with van der Waals surface area (Å²) in [6, 6.07) is 13.8. The van der Waals surface area contributed by atoms with Crippen LogP contribution in [0.25, 0.3) is 0 Å². The van der Waals surface area contributed by atoms with Gasteiger partial charge in [0.05, 0.1) is 6.04 Å². The minimum Gasteiger partial charge on any atom is -0.366 e. The zero-order valence-electron chi connectivity index (χ0n) is 13.4. The van der Waals surface area contributed by atoms with Crippen LogP contribution in [0.2, 0.25) is 0 Å². The van der Waals surface area contributed by atoms with Crippen molar-refractivity contribution in [1.29, 1.82) is 0 Å². The summed E-state index contributed by atoms with van der Waals surface area (Å²) in [6.07, 6.45) is 6.71. The van der Waals surface area contributed by atoms with E-state index in [0.717, 1.165) is 13.1 Å². The van der Waals surface area contributed by atoms with Crippen LogP contribution < -0.4 is 5.32 Å². The first-order chi connectivity index (χ1) is 11.3. The van der Waals surface area contributed by atoms with Crippen molar-refractivity contribution in [3.05, 3.63) is 60.0 Å². The van der Waals surface area contributed by atoms with Crippen molar-refractivity contribution in [1.82, 2.24) is 9.88 Å². The molecule has 1 fully saturated rings. The van der Waals surface area contributed by atoms with Gasteiger partial charge in [-0.05, 0) is 43.6 Å². The molecule has 1 saturated heterocycles. The van der Waals surface area contributed by atoms with Gasteiger partial charge < -0.3 is 5.32 Å². The number of halogens is 1. The highest BCUT2D eigenvalue weighted by atomic mass is 19.1. The van der Waals surface area contributed by atoms with Gasteiger partial charge in [0.25, 0.3) is 0 Å². The maximum absolute atomic E-state index is 13.8. The number of aromatic nitrogens is 1. The Morgan fingerprint density at radius 2 is 1.74 bits per heavy atom. The molecule has 23 heavy (non-hydrogen) atoms. The Labute approximate surface area is 137 Å². The van der Waals surface area contributed by atoms with Crippen LogP contribution in [-0.2, 0) is 0 Å². The summed E-state index contributed by atoms with van der Waals surface area (Å²) in [7, 11) is 0. The molecule has 0 spiro atoms. The van der Waals surface area contributed by atoms with E-state index < -0.39 is 0 Å². The first-order valence-electron chi connectivity index (χ1n) is 8.48. The highest BCUT2D eigenvalue weighted by Crippen LogP contribution is 2.25. The van der Waals surface area contributed by atoms with Crippen LogP contribution in [0.15, 0.2) is 48.7 Å². The Morgan fingerprint density at radius 1 is 1.00 bits per heavy atom. The molecule has 0 saturated carbocycles. The summed E-state index contributed by atoms with van der Waals surface area (Å²) >= 11 is 0. The van der Waals surface area contributed by atoms with Crippen LogP contribution in [0.3, 0.4) is 0 Å². The number of hydrogen-bond acceptors (Lipinski definition) is 3. The first-order valence-corrected chi connectivity index (χ1v) is 8.48. The largest absolute Gasteiger partial charge is 0.366 e. The molecule has 0 bridgehead atoms. The van der Waals surface area contributed by atoms with Gasteiger partial charge in [-0.2, -0.15) is 0 Å². The van der Waals surface area contributed by atoms with Crippen molar-refractivity contribution in [3.8, 4) is 0 Å². The number of benzene rings is 1. The number of likely N-dealkylation sites (tertiary alicyclic amines) is 1. The molecule has 1 aromatic heterocycles. The molecular weight excluding hydrogens is 289 g/mol. The quantitative estimate of drug-likeness (QED) is 0.894. The van der Waals surface area contributed by atoms with Crippen molar-refractivity contribution in [2.45, 2.75) is 31.7 Å². The molecule has 2 heterocycles. The fourth-order valence-electron chi connectivity index (χ4n) is 3.25. The van der Waals surface area contributed by atoms with Gasteiger partial charge in [0.2, 0.25) is 0 Å². The second kappa shape index (κ2) is 8.06. The zero-order chi connectivity index (χ0) is 15.9. The normalized spacial score (nSPS) is 17.4. The van der Waals surface area contributed by atoms with E-state index in [9.17, 15) is 4.39 Å². The van der Waals surface area contributed by atoms with Gasteiger partial charge in [-0.3, -0.25) is 4.90 Å². The van der Waals surface area contributed by atoms with E-state index >= 15 is 0 Å². The maximum atomic E-state index is 13.8. The molecule has 0 amide bonds. The second-order valence-corrected chi connectivity index (χ2v) is 6.09. The molecule has 1 unspecified atom stereocenters. The highest BCUT2D eigenvalue weighted by molar-refractivity contribution is 5.36. The van der Waals surface area contributed by atoms with Crippen LogP contribution in [0, 0.1) is 5.82 Å². The van der Waals surface area contributed by atoms with Gasteiger partial charge in [0, 0.05) is 12.7 Å². The van der Waals surface area contributed by atoms with E-state index in [1.807, 2.05) is 6.07 Å². The number of pyridine rings is 1. The third kappa shape index (κ3) is 4.29. The van der Waals surface area contributed by atoms with Crippen molar-refractivity contribution in [2.24, 2.45) is 0 Å². The van der Waals surface area contributed by atoms with Gasteiger partial charge in [0.1, 0.15) is 0 Å². The Hall–Kier alpha value is -1.94. The van der Waals surface area contributed by atoms with Gasteiger partial charge in [-0.25, -0.2) is 9.37 Å². The van der Waals surface area contributed by atoms with Gasteiger partial charge in [-0.1, -0.05) is 43.2 Å². The lowest BCUT2D eigenvalue weighted by Crippen LogP contribution is -2.34. The first kappa shape index (κ1) is 15.9. The lowest BCUT2D eigenvalue weighted by Gasteiger charge is -2.31. The number of nitrogens with one attached hydrogen (secondary N) is 1. The summed E-state index contributed by atoms with van der Waals surface area (Å²) in [5.74, 6) is 0.0402. The molecule has 1 atom stereocenters. The number of rotatable bonds is 5. The predicted octanol–water partition coefficient (Wildman–Crippen LogP) is 4.25. The van der Waals surface area contributed by atoms with Crippen LogP contribution in [-0.4, -0.2) is 29.5 Å². The van der Waals surface area contributed by atoms with E-state index in [0.29, 0.717) is 12.4 Å². The average molecular weight is 313 g/mol. The number of anilines is 1. The van der Waals surface area contributed by atoms with Crippen LogP contribution in [0.4, 0.5) is 10.2 Å². The van der Waals surface area contributed by atoms with Crippen molar-refractivity contribution >= 4 is 5.82 Å². The monoisotopic (exact) mass is 313 g/mol. The fraction of sp³-hybridized carbons (Fsp3) is 0.421. The van der Waals surface area contributed by atoms with E-state index in [2.05, 4.69) is 39.5 Å². The smallest absolute Gasteiger partial charge is 0.165 e. The summed E-state index contributed by atoms with van der Waals surface area (Å²) in [5.41, 5.74) is 1.28. The second-order valence-electron chi connectivity index (χ2n) is 6.09. The average Bonchev–Trinajstić information content (AvgIpc) is 2.87. The molecule has 122 valence electrons. The molecular formula is C19H24FN3. The summed E-state index contributed by atoms with van der Waals surface area (Å²) < 4.78 is 13.8. The van der Waals surface area contributed by atoms with Crippen molar-refractivity contribution in [3.63, 3.8) is 0 Å². The predicted molar refractivity (Wildman–Crippen MR) is 91.9 cm³/mol. The molecule has 4 heteroatoms. The fourth-order valence-corrected chi connectivity index (χ4v) is 3.25. The van der Waals surface area contributed by atoms with Crippen molar-refractivity contribution in [2.75, 3.05) is 25.0 Å². The van der Waals surface area contributed by atoms with E-state index in [1.54, 1.807) is 12.3 Å². The van der Waals surface area contributed by atoms with E-state index in [-0.39, 0.29) is 11.9 Å². The minimum atomic E-state index is -0.296. The molecule has 1 aromatic carbocycles. The highest BCUT2D eigenvalue weighted by Gasteiger charge is 2.21. The molecule has 0 aliphatic carbocycles. The minimum absolute atomic E-state index is 0.246. The van der Waals surface area contributed by atoms with E-state index in [1.165, 1.54) is 37.3 Å². The van der Waals surface area contributed by atoms with Gasteiger partial charge in [-0.15, -0.1) is 0 Å². The number of hydrogen-bond donors (Lipinski definition) is 1. The molecule has 2 aromatic rings. The number of nitrogens with zero attached hydrogens (tertiary/aromatic N) is 2. The van der Waals surface area contributed by atoms with Crippen LogP contribution >= 0.6 is 0 Å². The SMILES string of the molecule is Fc1cccnc1NCC(c1ccccc1)N1CCCCCC1. The zero-order valence-corrected chi connectivity index (χ0v) is 13.4. The summed E-state index contributed by atoms with van der Waals surface area (Å²) in [4.78, 5) is 6.63. The third-order valence-corrected chi connectivity index (χ3v) is 4.49. The molecule has 3 rings (SSSR count). The Balaban J connectivity index is 1.76. The summed E-state index contributed by atoms with van der Waals surface area (Å²) in [6.45, 7) is 2.87.